The van der Waals surface area contributed by atoms with Crippen molar-refractivity contribution < 1.29 is 31.1 Å². The summed E-state index contributed by atoms with van der Waals surface area (Å²) in [6.07, 6.45) is -5.99. The van der Waals surface area contributed by atoms with Gasteiger partial charge in [0.05, 0.1) is 22.7 Å². The average molecular weight is 537 g/mol. The van der Waals surface area contributed by atoms with Crippen molar-refractivity contribution in [3.8, 4) is 11.9 Å². The number of alkyl halides is 6. The Hall–Kier alpha value is -4.15. The van der Waals surface area contributed by atoms with Crippen molar-refractivity contribution in [2.45, 2.75) is 44.6 Å². The molecular formula is C24H21F6N7O. The number of hydrogen-bond donors (Lipinski definition) is 1. The Morgan fingerprint density at radius 2 is 1.66 bits per heavy atom. The normalized spacial score (nSPS) is 15.2. The molecule has 4 rings (SSSR count). The molecule has 1 N–H and O–H groups in total. The number of rotatable bonds is 5. The van der Waals surface area contributed by atoms with Crippen LogP contribution in [-0.2, 0) is 12.4 Å². The van der Waals surface area contributed by atoms with Gasteiger partial charge in [0.1, 0.15) is 6.07 Å². The molecule has 0 radical (unpaired) electrons. The first-order chi connectivity index (χ1) is 17.9. The van der Waals surface area contributed by atoms with Gasteiger partial charge in [-0.25, -0.2) is 4.98 Å². The van der Waals surface area contributed by atoms with E-state index >= 15 is 0 Å². The number of amides is 1. The summed E-state index contributed by atoms with van der Waals surface area (Å²) in [7, 11) is 0. The Morgan fingerprint density at radius 3 is 2.18 bits per heavy atom. The minimum absolute atomic E-state index is 0.0434. The predicted molar refractivity (Wildman–Crippen MR) is 122 cm³/mol. The number of carbonyl (C=O) groups excluding carboxylic acids is 1. The number of halogens is 6. The zero-order valence-corrected chi connectivity index (χ0v) is 19.9. The number of nitrogens with one attached hydrogen (secondary N) is 1. The van der Waals surface area contributed by atoms with Crippen molar-refractivity contribution in [1.82, 2.24) is 25.1 Å². The van der Waals surface area contributed by atoms with E-state index < -0.39 is 41.0 Å². The fraction of sp³-hybridized carbons (Fsp3) is 0.375. The molecule has 1 saturated heterocycles. The second-order valence-electron chi connectivity index (χ2n) is 8.74. The first-order valence-electron chi connectivity index (χ1n) is 11.6. The summed E-state index contributed by atoms with van der Waals surface area (Å²) >= 11 is 0. The van der Waals surface area contributed by atoms with Crippen molar-refractivity contribution in [1.29, 1.82) is 5.26 Å². The van der Waals surface area contributed by atoms with E-state index in [2.05, 4.69) is 20.4 Å². The molecule has 0 saturated carbocycles. The number of hydrogen-bond acceptors (Lipinski definition) is 6. The van der Waals surface area contributed by atoms with Gasteiger partial charge in [-0.15, -0.1) is 5.10 Å². The Labute approximate surface area is 212 Å². The molecule has 2 aromatic heterocycles. The van der Waals surface area contributed by atoms with Crippen LogP contribution < -0.4 is 10.2 Å². The second kappa shape index (κ2) is 10.3. The Bertz CT molecular complexity index is 1320. The summed E-state index contributed by atoms with van der Waals surface area (Å²) in [4.78, 5) is 23.5. The highest BCUT2D eigenvalue weighted by molar-refractivity contribution is 5.94. The lowest BCUT2D eigenvalue weighted by molar-refractivity contribution is -0.143. The van der Waals surface area contributed by atoms with Crippen molar-refractivity contribution in [2.24, 2.45) is 0 Å². The van der Waals surface area contributed by atoms with E-state index in [-0.39, 0.29) is 23.3 Å². The molecule has 38 heavy (non-hydrogen) atoms. The quantitative estimate of drug-likeness (QED) is 0.457. The van der Waals surface area contributed by atoms with Crippen LogP contribution in [0.4, 0.5) is 32.3 Å². The Kier molecular flexibility index (Phi) is 7.30. The Balaban J connectivity index is 1.69. The fourth-order valence-corrected chi connectivity index (χ4v) is 4.00. The van der Waals surface area contributed by atoms with Gasteiger partial charge in [-0.3, -0.25) is 4.79 Å². The van der Waals surface area contributed by atoms with Gasteiger partial charge in [-0.2, -0.15) is 41.3 Å². The molecule has 0 spiro atoms. The van der Waals surface area contributed by atoms with E-state index in [0.29, 0.717) is 31.2 Å². The van der Waals surface area contributed by atoms with Crippen LogP contribution in [0, 0.1) is 11.3 Å². The van der Waals surface area contributed by atoms with Crippen LogP contribution in [0.5, 0.6) is 0 Å². The lowest BCUT2D eigenvalue weighted by Crippen LogP contribution is -2.30. The molecule has 3 aromatic rings. The molecule has 200 valence electrons. The van der Waals surface area contributed by atoms with Crippen LogP contribution in [0.2, 0.25) is 0 Å². The average Bonchev–Trinajstić information content (AvgIpc) is 3.34. The zero-order valence-electron chi connectivity index (χ0n) is 19.9. The number of nitriles is 1. The Morgan fingerprint density at radius 1 is 1.03 bits per heavy atom. The zero-order chi connectivity index (χ0) is 27.7. The monoisotopic (exact) mass is 537 g/mol. The van der Waals surface area contributed by atoms with Crippen LogP contribution in [0.15, 0.2) is 36.5 Å². The number of pyridine rings is 1. The summed E-state index contributed by atoms with van der Waals surface area (Å²) in [5.74, 6) is -0.408. The maximum absolute atomic E-state index is 13.2. The first-order valence-corrected chi connectivity index (χ1v) is 11.6. The summed E-state index contributed by atoms with van der Waals surface area (Å²) < 4.78 is 80.8. The van der Waals surface area contributed by atoms with E-state index in [1.165, 1.54) is 29.9 Å². The van der Waals surface area contributed by atoms with Crippen molar-refractivity contribution >= 4 is 11.9 Å². The smallest absolute Gasteiger partial charge is 0.342 e. The maximum Gasteiger partial charge on any atom is 0.416 e. The van der Waals surface area contributed by atoms with Crippen LogP contribution >= 0.6 is 0 Å². The van der Waals surface area contributed by atoms with Gasteiger partial charge < -0.3 is 10.2 Å². The topological polar surface area (TPSA) is 99.7 Å². The number of carbonyl (C=O) groups is 1. The standard InChI is InChI=1S/C24H21F6N7O/c1-14(33-21(38)16-9-17(23(25,26)27)11-18(10-16)24(28,29)30)20-34-22(36-7-3-2-4-8-36)35-37(20)19-6-5-15(12-31)13-32-19/h5-6,9-11,13-14H,2-4,7-8H2,1H3,(H,33,38)/t14-/m0/s1. The number of nitrogens with zero attached hydrogens (tertiary/aromatic N) is 6. The first kappa shape index (κ1) is 26.9. The molecule has 1 aliphatic heterocycles. The van der Waals surface area contributed by atoms with E-state index in [1.54, 1.807) is 0 Å². The summed E-state index contributed by atoms with van der Waals surface area (Å²) in [6, 6.07) is 4.64. The van der Waals surface area contributed by atoms with Gasteiger partial charge in [0, 0.05) is 24.8 Å². The van der Waals surface area contributed by atoms with Crippen molar-refractivity contribution in [2.75, 3.05) is 18.0 Å². The van der Waals surface area contributed by atoms with Crippen LogP contribution in [-0.4, -0.2) is 38.7 Å². The SMILES string of the molecule is C[C@H](NC(=O)c1cc(C(F)(F)F)cc(C(F)(F)F)c1)c1nc(N2CCCCC2)nn1-c1ccc(C#N)cn1. The van der Waals surface area contributed by atoms with Crippen LogP contribution in [0.1, 0.15) is 65.1 Å². The van der Waals surface area contributed by atoms with E-state index in [4.69, 9.17) is 5.26 Å². The molecule has 3 heterocycles. The van der Waals surface area contributed by atoms with Crippen LogP contribution in [0.3, 0.4) is 0 Å². The highest BCUT2D eigenvalue weighted by atomic mass is 19.4. The van der Waals surface area contributed by atoms with Crippen LogP contribution in [0.25, 0.3) is 5.82 Å². The molecule has 1 fully saturated rings. The van der Waals surface area contributed by atoms with E-state index in [9.17, 15) is 31.1 Å². The lowest BCUT2D eigenvalue weighted by Gasteiger charge is -2.25. The van der Waals surface area contributed by atoms with Gasteiger partial charge in [-0.1, -0.05) is 0 Å². The third kappa shape index (κ3) is 5.87. The van der Waals surface area contributed by atoms with Gasteiger partial charge in [-0.05, 0) is 56.5 Å². The summed E-state index contributed by atoms with van der Waals surface area (Å²) in [5, 5.41) is 16.0. The number of piperidine rings is 1. The number of benzene rings is 1. The molecule has 0 aliphatic carbocycles. The molecular weight excluding hydrogens is 516 g/mol. The maximum atomic E-state index is 13.2. The largest absolute Gasteiger partial charge is 0.416 e. The fourth-order valence-electron chi connectivity index (χ4n) is 4.00. The second-order valence-corrected chi connectivity index (χ2v) is 8.74. The molecule has 1 aromatic carbocycles. The highest BCUT2D eigenvalue weighted by Crippen LogP contribution is 2.36. The van der Waals surface area contributed by atoms with Gasteiger partial charge in [0.15, 0.2) is 11.6 Å². The molecule has 1 amide bonds. The van der Waals surface area contributed by atoms with Crippen molar-refractivity contribution in [3.63, 3.8) is 0 Å². The number of aromatic nitrogens is 4. The van der Waals surface area contributed by atoms with E-state index in [0.717, 1.165) is 19.3 Å². The van der Waals surface area contributed by atoms with Crippen molar-refractivity contribution in [3.05, 3.63) is 64.6 Å². The summed E-state index contributed by atoms with van der Waals surface area (Å²) in [6.45, 7) is 2.85. The van der Waals surface area contributed by atoms with Gasteiger partial charge in [0.2, 0.25) is 5.95 Å². The molecule has 0 unspecified atom stereocenters. The highest BCUT2D eigenvalue weighted by Gasteiger charge is 2.37. The molecule has 14 heteroatoms. The minimum atomic E-state index is -5.09. The molecule has 1 atom stereocenters. The van der Waals surface area contributed by atoms with E-state index in [1.807, 2.05) is 11.0 Å². The molecule has 1 aliphatic rings. The van der Waals surface area contributed by atoms with Gasteiger partial charge in [0.25, 0.3) is 5.91 Å². The molecule has 0 bridgehead atoms. The third-order valence-corrected chi connectivity index (χ3v) is 5.94. The number of anilines is 1. The lowest BCUT2D eigenvalue weighted by atomic mass is 10.0. The third-order valence-electron chi connectivity index (χ3n) is 5.94. The molecule has 8 nitrogen and oxygen atoms in total. The van der Waals surface area contributed by atoms with Gasteiger partial charge >= 0.3 is 12.4 Å². The minimum Gasteiger partial charge on any atom is -0.342 e. The summed E-state index contributed by atoms with van der Waals surface area (Å²) in [5.41, 5.74) is -3.71. The predicted octanol–water partition coefficient (Wildman–Crippen LogP) is 5.05.